The predicted octanol–water partition coefficient (Wildman–Crippen LogP) is 2.17. The van der Waals surface area contributed by atoms with Crippen molar-refractivity contribution in [1.29, 1.82) is 0 Å². The number of nitrogens with zero attached hydrogens (tertiary/aromatic N) is 1. The summed E-state index contributed by atoms with van der Waals surface area (Å²) in [5.41, 5.74) is 9.05. The summed E-state index contributed by atoms with van der Waals surface area (Å²) in [6.45, 7) is 3.68. The second-order valence-corrected chi connectivity index (χ2v) is 4.83. The first-order chi connectivity index (χ1) is 10.2. The van der Waals surface area contributed by atoms with E-state index >= 15 is 0 Å². The number of hydrogen-bond acceptors (Lipinski definition) is 3. The summed E-state index contributed by atoms with van der Waals surface area (Å²) < 4.78 is 7.01. The summed E-state index contributed by atoms with van der Waals surface area (Å²) in [5, 5.41) is 2.93. The van der Waals surface area contributed by atoms with Gasteiger partial charge in [0.05, 0.1) is 12.3 Å². The van der Waals surface area contributed by atoms with Crippen LogP contribution in [0.5, 0.6) is 0 Å². The van der Waals surface area contributed by atoms with Crippen LogP contribution in [0.2, 0.25) is 0 Å². The van der Waals surface area contributed by atoms with Gasteiger partial charge in [-0.3, -0.25) is 4.79 Å². The Kier molecular flexibility index (Phi) is 5.00. The third-order valence-electron chi connectivity index (χ3n) is 3.35. The molecule has 0 atom stereocenters. The number of rotatable bonds is 6. The van der Waals surface area contributed by atoms with Crippen LogP contribution in [0.25, 0.3) is 0 Å². The number of nitrogen functional groups attached to an aromatic ring is 1. The van der Waals surface area contributed by atoms with Gasteiger partial charge < -0.3 is 20.4 Å². The Morgan fingerprint density at radius 1 is 1.33 bits per heavy atom. The molecule has 0 saturated heterocycles. The summed E-state index contributed by atoms with van der Waals surface area (Å²) in [4.78, 5) is 12.3. The molecule has 21 heavy (non-hydrogen) atoms. The Labute approximate surface area is 124 Å². The number of nitrogens with two attached hydrogens (primary N) is 1. The number of methoxy groups -OCH3 is 1. The summed E-state index contributed by atoms with van der Waals surface area (Å²) in [5.74, 6) is -0.124. The first kappa shape index (κ1) is 15.1. The maximum absolute atomic E-state index is 12.3. The van der Waals surface area contributed by atoms with Gasteiger partial charge in [-0.15, -0.1) is 0 Å². The number of amides is 1. The van der Waals surface area contributed by atoms with Gasteiger partial charge in [-0.05, 0) is 24.1 Å². The van der Waals surface area contributed by atoms with Gasteiger partial charge in [0, 0.05) is 26.4 Å². The van der Waals surface area contributed by atoms with Crippen LogP contribution in [0.15, 0.2) is 36.5 Å². The maximum Gasteiger partial charge on any atom is 0.268 e. The fraction of sp³-hybridized carbons (Fsp3) is 0.312. The number of ether oxygens (including phenoxy) is 1. The van der Waals surface area contributed by atoms with E-state index in [-0.39, 0.29) is 5.91 Å². The molecule has 5 heteroatoms. The molecule has 1 amide bonds. The summed E-state index contributed by atoms with van der Waals surface area (Å²) in [6.07, 6.45) is 1.77. The van der Waals surface area contributed by atoms with Crippen molar-refractivity contribution in [2.24, 2.45) is 0 Å². The third-order valence-corrected chi connectivity index (χ3v) is 3.35. The lowest BCUT2D eigenvalue weighted by molar-refractivity contribution is 0.0941. The van der Waals surface area contributed by atoms with E-state index in [1.807, 2.05) is 35.8 Å². The molecule has 0 aliphatic rings. The van der Waals surface area contributed by atoms with Crippen LogP contribution >= 0.6 is 0 Å². The van der Waals surface area contributed by atoms with Crippen LogP contribution in [-0.4, -0.2) is 17.6 Å². The maximum atomic E-state index is 12.3. The van der Waals surface area contributed by atoms with Crippen molar-refractivity contribution in [2.75, 3.05) is 12.8 Å². The van der Waals surface area contributed by atoms with Gasteiger partial charge >= 0.3 is 0 Å². The largest absolute Gasteiger partial charge is 0.397 e. The Balaban J connectivity index is 2.07. The predicted molar refractivity (Wildman–Crippen MR) is 82.8 cm³/mol. The number of benzene rings is 1. The van der Waals surface area contributed by atoms with Gasteiger partial charge in [-0.2, -0.15) is 0 Å². The van der Waals surface area contributed by atoms with Gasteiger partial charge in [-0.1, -0.05) is 24.3 Å². The Bertz CT molecular complexity index is 620. The molecule has 1 heterocycles. The first-order valence-electron chi connectivity index (χ1n) is 6.95. The molecule has 0 fully saturated rings. The summed E-state index contributed by atoms with van der Waals surface area (Å²) in [6, 6.07) is 9.59. The molecule has 0 aliphatic heterocycles. The molecule has 2 aromatic rings. The van der Waals surface area contributed by atoms with Crippen molar-refractivity contribution in [3.05, 3.63) is 53.3 Å². The molecule has 0 radical (unpaired) electrons. The van der Waals surface area contributed by atoms with E-state index in [1.165, 1.54) is 0 Å². The van der Waals surface area contributed by atoms with Crippen LogP contribution in [0.3, 0.4) is 0 Å². The van der Waals surface area contributed by atoms with Gasteiger partial charge in [0.15, 0.2) is 0 Å². The molecule has 0 spiro atoms. The highest BCUT2D eigenvalue weighted by Crippen LogP contribution is 2.12. The summed E-state index contributed by atoms with van der Waals surface area (Å²) in [7, 11) is 1.66. The summed E-state index contributed by atoms with van der Waals surface area (Å²) >= 11 is 0. The molecule has 3 N–H and O–H groups in total. The topological polar surface area (TPSA) is 69.3 Å². The van der Waals surface area contributed by atoms with Crippen molar-refractivity contribution < 1.29 is 9.53 Å². The average Bonchev–Trinajstić information content (AvgIpc) is 2.87. The number of aromatic nitrogens is 1. The van der Waals surface area contributed by atoms with Gasteiger partial charge in [0.2, 0.25) is 0 Å². The highest BCUT2D eigenvalue weighted by Gasteiger charge is 2.12. The van der Waals surface area contributed by atoms with E-state index in [9.17, 15) is 4.79 Å². The molecular formula is C16H21N3O2. The van der Waals surface area contributed by atoms with Crippen molar-refractivity contribution >= 4 is 11.6 Å². The molecule has 0 aliphatic carbocycles. The molecular weight excluding hydrogens is 266 g/mol. The van der Waals surface area contributed by atoms with Crippen molar-refractivity contribution in [3.63, 3.8) is 0 Å². The normalized spacial score (nSPS) is 10.6. The minimum absolute atomic E-state index is 0.124. The SMILES string of the molecule is CCn1cc(N)cc1C(=O)NCc1ccccc1COC. The number of carbonyl (C=O) groups excluding carboxylic acids is 1. The third kappa shape index (κ3) is 3.64. The minimum atomic E-state index is -0.124. The zero-order valence-electron chi connectivity index (χ0n) is 12.4. The molecule has 0 saturated carbocycles. The number of carbonyl (C=O) groups is 1. The molecule has 1 aromatic carbocycles. The van der Waals surface area contributed by atoms with Crippen LogP contribution < -0.4 is 11.1 Å². The number of hydrogen-bond donors (Lipinski definition) is 2. The van der Waals surface area contributed by atoms with E-state index < -0.39 is 0 Å². The Hall–Kier alpha value is -2.27. The molecule has 0 bridgehead atoms. The molecule has 2 rings (SSSR count). The zero-order chi connectivity index (χ0) is 15.2. The Morgan fingerprint density at radius 2 is 2.05 bits per heavy atom. The van der Waals surface area contributed by atoms with E-state index in [0.717, 1.165) is 11.1 Å². The average molecular weight is 287 g/mol. The second kappa shape index (κ2) is 6.95. The fourth-order valence-electron chi connectivity index (χ4n) is 2.28. The lowest BCUT2D eigenvalue weighted by Crippen LogP contribution is -2.25. The minimum Gasteiger partial charge on any atom is -0.397 e. The second-order valence-electron chi connectivity index (χ2n) is 4.83. The molecule has 0 unspecified atom stereocenters. The Morgan fingerprint density at radius 3 is 2.71 bits per heavy atom. The van der Waals surface area contributed by atoms with Crippen molar-refractivity contribution in [3.8, 4) is 0 Å². The standard InChI is InChI=1S/C16H21N3O2/c1-3-19-10-14(17)8-15(19)16(20)18-9-12-6-4-5-7-13(12)11-21-2/h4-8,10H,3,9,11,17H2,1-2H3,(H,18,20). The van der Waals surface area contributed by atoms with E-state index in [1.54, 1.807) is 19.4 Å². The smallest absolute Gasteiger partial charge is 0.268 e. The zero-order valence-corrected chi connectivity index (χ0v) is 12.4. The van der Waals surface area contributed by atoms with E-state index in [2.05, 4.69) is 5.32 Å². The van der Waals surface area contributed by atoms with Crippen molar-refractivity contribution in [1.82, 2.24) is 9.88 Å². The number of nitrogens with one attached hydrogen (secondary N) is 1. The molecule has 112 valence electrons. The van der Waals surface area contributed by atoms with Gasteiger partial charge in [0.1, 0.15) is 5.69 Å². The molecule has 1 aromatic heterocycles. The van der Waals surface area contributed by atoms with Gasteiger partial charge in [-0.25, -0.2) is 0 Å². The number of anilines is 1. The van der Waals surface area contributed by atoms with Crippen LogP contribution in [0.1, 0.15) is 28.5 Å². The lowest BCUT2D eigenvalue weighted by Gasteiger charge is -2.11. The van der Waals surface area contributed by atoms with E-state index in [4.69, 9.17) is 10.5 Å². The van der Waals surface area contributed by atoms with Crippen LogP contribution in [0.4, 0.5) is 5.69 Å². The van der Waals surface area contributed by atoms with Crippen LogP contribution in [-0.2, 0) is 24.4 Å². The highest BCUT2D eigenvalue weighted by atomic mass is 16.5. The monoisotopic (exact) mass is 287 g/mol. The van der Waals surface area contributed by atoms with Crippen molar-refractivity contribution in [2.45, 2.75) is 26.6 Å². The van der Waals surface area contributed by atoms with Gasteiger partial charge in [0.25, 0.3) is 5.91 Å². The van der Waals surface area contributed by atoms with Crippen LogP contribution in [0, 0.1) is 0 Å². The molecule has 5 nitrogen and oxygen atoms in total. The fourth-order valence-corrected chi connectivity index (χ4v) is 2.28. The van der Waals surface area contributed by atoms with E-state index in [0.29, 0.717) is 31.1 Å². The lowest BCUT2D eigenvalue weighted by atomic mass is 10.1. The highest BCUT2D eigenvalue weighted by molar-refractivity contribution is 5.93. The first-order valence-corrected chi connectivity index (χ1v) is 6.95. The number of aryl methyl sites for hydroxylation is 1. The quantitative estimate of drug-likeness (QED) is 0.855.